The van der Waals surface area contributed by atoms with E-state index in [9.17, 15) is 32.7 Å². The predicted molar refractivity (Wildman–Crippen MR) is 143 cm³/mol. The standard InChI is InChI=1S/C28H37F4N5O5/c1-27(26(40)41)11-4-3-6-17(27)25(39)37-13-10-16-18(29)8-9-21(23(16)20(37)14-36-12-5-7-22(36)38)42-15-19(33)24(35(2)34)28(30,31)32/h8-9,17,20H,3-7,10-15,33-34H2,1-2H3,(H,40,41)/b24-19-/t17-,20+,27-/m0/s1. The lowest BCUT2D eigenvalue weighted by molar-refractivity contribution is -0.162. The van der Waals surface area contributed by atoms with Crippen LogP contribution in [0.4, 0.5) is 17.6 Å². The first-order chi connectivity index (χ1) is 19.7. The molecule has 42 heavy (non-hydrogen) atoms. The number of likely N-dealkylation sites (tertiary alicyclic amines) is 1. The molecule has 1 saturated heterocycles. The van der Waals surface area contributed by atoms with Crippen molar-refractivity contribution in [3.63, 3.8) is 0 Å². The van der Waals surface area contributed by atoms with E-state index >= 15 is 4.39 Å². The third-order valence-corrected chi connectivity index (χ3v) is 8.72. The van der Waals surface area contributed by atoms with E-state index in [1.165, 1.54) is 11.0 Å². The average molecular weight is 600 g/mol. The maximum Gasteiger partial charge on any atom is 0.434 e. The van der Waals surface area contributed by atoms with Crippen LogP contribution in [-0.2, 0) is 20.8 Å². The SMILES string of the molecule is CN(N)/C(=C(\N)COc1ccc(F)c2c1[C@@H](CN1CCCC1=O)N(C(=O)[C@@H]1CCCC[C@]1(C)C(=O)O)CC2)C(F)(F)F. The van der Waals surface area contributed by atoms with Gasteiger partial charge in [-0.15, -0.1) is 0 Å². The van der Waals surface area contributed by atoms with E-state index in [0.29, 0.717) is 50.1 Å². The number of rotatable bonds is 8. The van der Waals surface area contributed by atoms with Gasteiger partial charge in [0.05, 0.1) is 23.1 Å². The summed E-state index contributed by atoms with van der Waals surface area (Å²) in [5.74, 6) is 2.31. The van der Waals surface area contributed by atoms with E-state index in [4.69, 9.17) is 16.3 Å². The fourth-order valence-electron chi connectivity index (χ4n) is 6.48. The number of halogens is 4. The highest BCUT2D eigenvalue weighted by molar-refractivity contribution is 5.88. The lowest BCUT2D eigenvalue weighted by Gasteiger charge is -2.45. The Hall–Kier alpha value is -3.55. The summed E-state index contributed by atoms with van der Waals surface area (Å²) in [5, 5.41) is 10.4. The summed E-state index contributed by atoms with van der Waals surface area (Å²) in [6.45, 7) is 1.31. The van der Waals surface area contributed by atoms with Gasteiger partial charge in [0.15, 0.2) is 5.70 Å². The van der Waals surface area contributed by atoms with Crippen LogP contribution in [0.5, 0.6) is 5.75 Å². The Morgan fingerprint density at radius 3 is 2.50 bits per heavy atom. The maximum atomic E-state index is 15.2. The minimum absolute atomic E-state index is 0.00144. The zero-order valence-corrected chi connectivity index (χ0v) is 23.7. The van der Waals surface area contributed by atoms with Crippen LogP contribution in [0.3, 0.4) is 0 Å². The molecule has 2 heterocycles. The Kier molecular flexibility index (Phi) is 8.95. The van der Waals surface area contributed by atoms with Crippen LogP contribution in [0.2, 0.25) is 0 Å². The smallest absolute Gasteiger partial charge is 0.434 e. The molecule has 10 nitrogen and oxygen atoms in total. The first kappa shape index (κ1) is 31.4. The van der Waals surface area contributed by atoms with Gasteiger partial charge in [-0.1, -0.05) is 12.8 Å². The Morgan fingerprint density at radius 1 is 1.19 bits per heavy atom. The Bertz CT molecular complexity index is 1270. The monoisotopic (exact) mass is 599 g/mol. The van der Waals surface area contributed by atoms with Crippen LogP contribution >= 0.6 is 0 Å². The molecule has 1 saturated carbocycles. The Morgan fingerprint density at radius 2 is 1.90 bits per heavy atom. The summed E-state index contributed by atoms with van der Waals surface area (Å²) < 4.78 is 61.6. The van der Waals surface area contributed by atoms with E-state index < -0.39 is 59.2 Å². The summed E-state index contributed by atoms with van der Waals surface area (Å²) >= 11 is 0. The summed E-state index contributed by atoms with van der Waals surface area (Å²) in [6.07, 6.45) is -1.86. The summed E-state index contributed by atoms with van der Waals surface area (Å²) in [5.41, 5.74) is 2.87. The molecule has 0 bridgehead atoms. The number of hydrazine groups is 1. The molecule has 3 atom stereocenters. The number of nitrogens with zero attached hydrogens (tertiary/aromatic N) is 3. The second-order valence-electron chi connectivity index (χ2n) is 11.5. The van der Waals surface area contributed by atoms with Gasteiger partial charge >= 0.3 is 12.1 Å². The van der Waals surface area contributed by atoms with Crippen LogP contribution in [-0.4, -0.2) is 77.2 Å². The second kappa shape index (κ2) is 12.0. The molecule has 232 valence electrons. The molecule has 1 aliphatic carbocycles. The lowest BCUT2D eigenvalue weighted by Crippen LogP contribution is -2.52. The number of carbonyl (C=O) groups excluding carboxylic acids is 2. The highest BCUT2D eigenvalue weighted by Crippen LogP contribution is 2.46. The average Bonchev–Trinajstić information content (AvgIpc) is 3.31. The number of allylic oxidation sites excluding steroid dienone is 1. The minimum atomic E-state index is -4.86. The number of ether oxygens (including phenoxy) is 1. The Labute approximate surface area is 241 Å². The molecule has 3 aliphatic rings. The van der Waals surface area contributed by atoms with Crippen molar-refractivity contribution in [2.45, 2.75) is 64.1 Å². The van der Waals surface area contributed by atoms with Crippen molar-refractivity contribution in [2.24, 2.45) is 22.9 Å². The van der Waals surface area contributed by atoms with Crippen molar-refractivity contribution in [3.8, 4) is 5.75 Å². The number of carboxylic acid groups (broad SMARTS) is 1. The molecule has 1 aromatic carbocycles. The molecule has 2 fully saturated rings. The largest absolute Gasteiger partial charge is 0.487 e. The van der Waals surface area contributed by atoms with Gasteiger partial charge in [-0.05, 0) is 50.3 Å². The number of fused-ring (bicyclic) bond motifs is 1. The highest BCUT2D eigenvalue weighted by atomic mass is 19.4. The van der Waals surface area contributed by atoms with Crippen LogP contribution in [0.25, 0.3) is 0 Å². The quantitative estimate of drug-likeness (QED) is 0.235. The molecule has 0 spiro atoms. The van der Waals surface area contributed by atoms with Crippen molar-refractivity contribution in [3.05, 3.63) is 40.5 Å². The van der Waals surface area contributed by atoms with Gasteiger partial charge in [0.2, 0.25) is 11.8 Å². The molecule has 5 N–H and O–H groups in total. The molecule has 0 aromatic heterocycles. The van der Waals surface area contributed by atoms with Crippen molar-refractivity contribution in [1.29, 1.82) is 0 Å². The van der Waals surface area contributed by atoms with Crippen molar-refractivity contribution < 1.29 is 41.8 Å². The molecule has 0 unspecified atom stereocenters. The van der Waals surface area contributed by atoms with Crippen LogP contribution in [0, 0.1) is 17.2 Å². The van der Waals surface area contributed by atoms with Crippen molar-refractivity contribution in [2.75, 3.05) is 33.3 Å². The summed E-state index contributed by atoms with van der Waals surface area (Å²) in [7, 11) is 0.984. The number of aliphatic carboxylic acids is 1. The molecule has 2 aliphatic heterocycles. The molecule has 0 radical (unpaired) electrons. The van der Waals surface area contributed by atoms with E-state index in [0.717, 1.165) is 13.1 Å². The summed E-state index contributed by atoms with van der Waals surface area (Å²) in [4.78, 5) is 42.1. The number of nitrogens with two attached hydrogens (primary N) is 2. The number of carboxylic acids is 1. The van der Waals surface area contributed by atoms with Gasteiger partial charge < -0.3 is 30.4 Å². The van der Waals surface area contributed by atoms with Crippen LogP contribution in [0.1, 0.15) is 62.6 Å². The fraction of sp³-hybridized carbons (Fsp3) is 0.607. The molecule has 4 rings (SSSR count). The van der Waals surface area contributed by atoms with E-state index in [2.05, 4.69) is 0 Å². The number of benzene rings is 1. The molecule has 2 amide bonds. The molecule has 1 aromatic rings. The normalized spacial score (nSPS) is 25.2. The van der Waals surface area contributed by atoms with E-state index in [-0.39, 0.29) is 42.3 Å². The van der Waals surface area contributed by atoms with Crippen molar-refractivity contribution in [1.82, 2.24) is 14.8 Å². The van der Waals surface area contributed by atoms with Gasteiger partial charge in [-0.2, -0.15) is 13.2 Å². The first-order valence-electron chi connectivity index (χ1n) is 14.0. The zero-order valence-electron chi connectivity index (χ0n) is 23.7. The van der Waals surface area contributed by atoms with Gasteiger partial charge in [0.25, 0.3) is 0 Å². The van der Waals surface area contributed by atoms with Gasteiger partial charge in [0.1, 0.15) is 18.2 Å². The fourth-order valence-corrected chi connectivity index (χ4v) is 6.48. The molecule has 14 heteroatoms. The lowest BCUT2D eigenvalue weighted by atomic mass is 9.66. The molecular weight excluding hydrogens is 562 g/mol. The third kappa shape index (κ3) is 5.99. The number of hydrogen-bond acceptors (Lipinski definition) is 7. The van der Waals surface area contributed by atoms with Crippen molar-refractivity contribution >= 4 is 17.8 Å². The zero-order chi connectivity index (χ0) is 31.0. The number of amides is 2. The van der Waals surface area contributed by atoms with E-state index in [1.54, 1.807) is 11.8 Å². The second-order valence-corrected chi connectivity index (χ2v) is 11.5. The minimum Gasteiger partial charge on any atom is -0.487 e. The van der Waals surface area contributed by atoms with E-state index in [1.807, 2.05) is 0 Å². The Balaban J connectivity index is 1.76. The molecular formula is C28H37F4N5O5. The van der Waals surface area contributed by atoms with Crippen LogP contribution < -0.4 is 16.3 Å². The van der Waals surface area contributed by atoms with Gasteiger partial charge in [0, 0.05) is 38.7 Å². The first-order valence-corrected chi connectivity index (χ1v) is 14.0. The number of carbonyl (C=O) groups is 3. The summed E-state index contributed by atoms with van der Waals surface area (Å²) in [6, 6.07) is 1.47. The maximum absolute atomic E-state index is 15.2. The predicted octanol–water partition coefficient (Wildman–Crippen LogP) is 3.07. The van der Waals surface area contributed by atoms with Crippen LogP contribution in [0.15, 0.2) is 23.5 Å². The van der Waals surface area contributed by atoms with Gasteiger partial charge in [-0.25, -0.2) is 10.2 Å². The van der Waals surface area contributed by atoms with Gasteiger partial charge in [-0.3, -0.25) is 14.4 Å². The number of hydrogen-bond donors (Lipinski definition) is 3. The highest BCUT2D eigenvalue weighted by Gasteiger charge is 2.50. The topological polar surface area (TPSA) is 142 Å². The number of alkyl halides is 3. The third-order valence-electron chi connectivity index (χ3n) is 8.72.